The summed E-state index contributed by atoms with van der Waals surface area (Å²) in [6.45, 7) is 8.02. The van der Waals surface area contributed by atoms with E-state index in [4.69, 9.17) is 16.3 Å². The molecule has 2 aromatic carbocycles. The second-order valence-electron chi connectivity index (χ2n) is 10.3. The number of nitrogens with one attached hydrogen (secondary N) is 2. The van der Waals surface area contributed by atoms with Crippen LogP contribution in [0.15, 0.2) is 73.7 Å². The van der Waals surface area contributed by atoms with Crippen LogP contribution >= 0.6 is 11.6 Å². The van der Waals surface area contributed by atoms with E-state index >= 15 is 0 Å². The van der Waals surface area contributed by atoms with Crippen molar-refractivity contribution in [1.29, 1.82) is 0 Å². The normalized spacial score (nSPS) is 18.5. The molecule has 2 aromatic heterocycles. The number of hydrogen-bond donors (Lipinski definition) is 2. The van der Waals surface area contributed by atoms with E-state index in [1.54, 1.807) is 12.3 Å². The van der Waals surface area contributed by atoms with Crippen molar-refractivity contribution in [1.82, 2.24) is 19.9 Å². The molecule has 2 aliphatic rings. The highest BCUT2D eigenvalue weighted by atomic mass is 35.5. The van der Waals surface area contributed by atoms with Gasteiger partial charge in [-0.25, -0.2) is 9.97 Å². The van der Waals surface area contributed by atoms with Crippen molar-refractivity contribution < 1.29 is 9.53 Å². The summed E-state index contributed by atoms with van der Waals surface area (Å²) in [6, 6.07) is 15.1. The summed E-state index contributed by atoms with van der Waals surface area (Å²) in [5.74, 6) is 2.13. The zero-order chi connectivity index (χ0) is 27.6. The summed E-state index contributed by atoms with van der Waals surface area (Å²) in [4.78, 5) is 30.5. The molecule has 4 aromatic rings. The van der Waals surface area contributed by atoms with Gasteiger partial charge in [0.25, 0.3) is 0 Å². The Morgan fingerprint density at radius 2 is 1.93 bits per heavy atom. The maximum atomic E-state index is 12.4. The standard InChI is InChI=1S/C30H30ClN7O2/c1-3-29(39)36-26-11-23-25(12-27(26)38-15-19-13-37(2)14-20(19)16-38)33-18-34-30(23)35-21-7-8-28(24(31)10-21)40-17-22-6-4-5-9-32-22/h3-12,18-20H,1,13-17H2,2H3,(H,36,39)(H,33,34,35). The van der Waals surface area contributed by atoms with Crippen molar-refractivity contribution in [2.24, 2.45) is 11.8 Å². The first kappa shape index (κ1) is 26.0. The first-order valence-corrected chi connectivity index (χ1v) is 13.6. The Balaban J connectivity index is 1.27. The van der Waals surface area contributed by atoms with Crippen LogP contribution in [0, 0.1) is 11.8 Å². The molecule has 204 valence electrons. The fourth-order valence-electron chi connectivity index (χ4n) is 5.63. The molecule has 2 fully saturated rings. The number of pyridine rings is 1. The largest absolute Gasteiger partial charge is 0.486 e. The molecule has 2 aliphatic heterocycles. The fraction of sp³-hybridized carbons (Fsp3) is 0.267. The number of amides is 1. The van der Waals surface area contributed by atoms with E-state index in [0.717, 1.165) is 54.2 Å². The van der Waals surface area contributed by atoms with Gasteiger partial charge in [-0.2, -0.15) is 0 Å². The van der Waals surface area contributed by atoms with E-state index in [9.17, 15) is 4.79 Å². The van der Waals surface area contributed by atoms with Crippen molar-refractivity contribution in [2.75, 3.05) is 48.8 Å². The van der Waals surface area contributed by atoms with Gasteiger partial charge in [0.15, 0.2) is 0 Å². The molecule has 2 N–H and O–H groups in total. The zero-order valence-corrected chi connectivity index (χ0v) is 22.9. The smallest absolute Gasteiger partial charge is 0.247 e. The Bertz CT molecular complexity index is 1550. The molecule has 6 rings (SSSR count). The quantitative estimate of drug-likeness (QED) is 0.289. The summed E-state index contributed by atoms with van der Waals surface area (Å²) in [6.07, 6.45) is 4.55. The van der Waals surface area contributed by atoms with Gasteiger partial charge >= 0.3 is 0 Å². The van der Waals surface area contributed by atoms with Crippen LogP contribution in [-0.2, 0) is 11.4 Å². The number of halogens is 1. The molecule has 4 heterocycles. The molecule has 0 radical (unpaired) electrons. The molecule has 1 amide bonds. The predicted octanol–water partition coefficient (Wildman–Crippen LogP) is 5.12. The zero-order valence-electron chi connectivity index (χ0n) is 22.2. The highest BCUT2D eigenvalue weighted by Crippen LogP contribution is 2.40. The number of likely N-dealkylation sites (tertiary alicyclic amines) is 1. The molecule has 0 bridgehead atoms. The van der Waals surface area contributed by atoms with Crippen molar-refractivity contribution in [3.8, 4) is 5.75 Å². The van der Waals surface area contributed by atoms with Gasteiger partial charge in [0.2, 0.25) is 5.91 Å². The summed E-state index contributed by atoms with van der Waals surface area (Å²) >= 11 is 6.54. The second-order valence-corrected chi connectivity index (χ2v) is 10.7. The second kappa shape index (κ2) is 11.1. The van der Waals surface area contributed by atoms with E-state index in [2.05, 4.69) is 49.0 Å². The van der Waals surface area contributed by atoms with Crippen LogP contribution in [0.4, 0.5) is 22.9 Å². The Kier molecular flexibility index (Phi) is 7.23. The molecular weight excluding hydrogens is 526 g/mol. The van der Waals surface area contributed by atoms with Gasteiger partial charge in [-0.3, -0.25) is 9.78 Å². The van der Waals surface area contributed by atoms with E-state index in [1.807, 2.05) is 42.5 Å². The number of carbonyl (C=O) groups excluding carboxylic acids is 1. The van der Waals surface area contributed by atoms with Gasteiger partial charge in [-0.05, 0) is 67.4 Å². The molecule has 2 atom stereocenters. The first-order valence-electron chi connectivity index (χ1n) is 13.2. The minimum absolute atomic E-state index is 0.265. The van der Waals surface area contributed by atoms with Crippen LogP contribution in [0.5, 0.6) is 5.75 Å². The number of rotatable bonds is 8. The fourth-order valence-corrected chi connectivity index (χ4v) is 5.86. The summed E-state index contributed by atoms with van der Waals surface area (Å²) < 4.78 is 5.85. The minimum atomic E-state index is -0.265. The van der Waals surface area contributed by atoms with E-state index in [-0.39, 0.29) is 5.91 Å². The molecule has 40 heavy (non-hydrogen) atoms. The van der Waals surface area contributed by atoms with Crippen molar-refractivity contribution in [2.45, 2.75) is 6.61 Å². The molecule has 0 saturated carbocycles. The highest BCUT2D eigenvalue weighted by molar-refractivity contribution is 6.32. The molecule has 0 spiro atoms. The topological polar surface area (TPSA) is 95.5 Å². The lowest BCUT2D eigenvalue weighted by Gasteiger charge is -2.25. The molecule has 0 aliphatic carbocycles. The van der Waals surface area contributed by atoms with Gasteiger partial charge < -0.3 is 25.2 Å². The average molecular weight is 556 g/mol. The Morgan fingerprint density at radius 3 is 2.65 bits per heavy atom. The summed E-state index contributed by atoms with van der Waals surface area (Å²) in [5.41, 5.74) is 4.00. The SMILES string of the molecule is C=CC(=O)Nc1cc2c(Nc3ccc(OCc4ccccn4)c(Cl)c3)ncnc2cc1N1CC2CN(C)CC2C1. The van der Waals surface area contributed by atoms with Crippen molar-refractivity contribution >= 4 is 51.3 Å². The molecule has 2 unspecified atom stereocenters. The molecular formula is C30H30ClN7O2. The lowest BCUT2D eigenvalue weighted by molar-refractivity contribution is -0.111. The van der Waals surface area contributed by atoms with Gasteiger partial charge in [0.1, 0.15) is 24.5 Å². The molecule has 2 saturated heterocycles. The van der Waals surface area contributed by atoms with E-state index in [0.29, 0.717) is 40.7 Å². The maximum Gasteiger partial charge on any atom is 0.247 e. The maximum absolute atomic E-state index is 12.4. The highest BCUT2D eigenvalue weighted by Gasteiger charge is 2.39. The number of fused-ring (bicyclic) bond motifs is 2. The number of hydrogen-bond acceptors (Lipinski definition) is 8. The third kappa shape index (κ3) is 5.43. The number of benzene rings is 2. The predicted molar refractivity (Wildman–Crippen MR) is 158 cm³/mol. The number of anilines is 4. The number of aromatic nitrogens is 3. The van der Waals surface area contributed by atoms with Crippen LogP contribution in [0.2, 0.25) is 5.02 Å². The summed E-state index contributed by atoms with van der Waals surface area (Å²) in [7, 11) is 2.18. The third-order valence-corrected chi connectivity index (χ3v) is 7.80. The van der Waals surface area contributed by atoms with Crippen LogP contribution in [-0.4, -0.2) is 59.0 Å². The Labute approximate surface area is 237 Å². The van der Waals surface area contributed by atoms with Gasteiger partial charge in [0, 0.05) is 43.4 Å². The van der Waals surface area contributed by atoms with Gasteiger partial charge in [0.05, 0.1) is 27.6 Å². The monoisotopic (exact) mass is 555 g/mol. The van der Waals surface area contributed by atoms with Gasteiger partial charge in [-0.15, -0.1) is 0 Å². The van der Waals surface area contributed by atoms with Crippen LogP contribution in [0.25, 0.3) is 10.9 Å². The summed E-state index contributed by atoms with van der Waals surface area (Å²) in [5, 5.41) is 7.60. The third-order valence-electron chi connectivity index (χ3n) is 7.50. The van der Waals surface area contributed by atoms with Crippen LogP contribution < -0.4 is 20.3 Å². The number of carbonyl (C=O) groups is 1. The number of ether oxygens (including phenoxy) is 1. The lowest BCUT2D eigenvalue weighted by Crippen LogP contribution is -2.27. The molecule has 10 heteroatoms. The van der Waals surface area contributed by atoms with E-state index in [1.165, 1.54) is 12.4 Å². The van der Waals surface area contributed by atoms with Crippen LogP contribution in [0.3, 0.4) is 0 Å². The Hall–Kier alpha value is -4.21. The van der Waals surface area contributed by atoms with Gasteiger partial charge in [-0.1, -0.05) is 24.2 Å². The van der Waals surface area contributed by atoms with Crippen molar-refractivity contribution in [3.63, 3.8) is 0 Å². The molecule has 9 nitrogen and oxygen atoms in total. The van der Waals surface area contributed by atoms with Crippen LogP contribution in [0.1, 0.15) is 5.69 Å². The Morgan fingerprint density at radius 1 is 1.10 bits per heavy atom. The van der Waals surface area contributed by atoms with Crippen molar-refractivity contribution in [3.05, 3.63) is 84.4 Å². The first-order chi connectivity index (χ1) is 19.5. The minimum Gasteiger partial charge on any atom is -0.486 e. The lowest BCUT2D eigenvalue weighted by atomic mass is 10.0. The number of nitrogens with zero attached hydrogens (tertiary/aromatic N) is 5. The average Bonchev–Trinajstić information content (AvgIpc) is 3.50. The van der Waals surface area contributed by atoms with E-state index < -0.39 is 0 Å².